The summed E-state index contributed by atoms with van der Waals surface area (Å²) in [7, 11) is 0. The molecule has 0 aliphatic heterocycles. The van der Waals surface area contributed by atoms with Gasteiger partial charge in [-0.05, 0) is 65.0 Å². The monoisotopic (exact) mass is 336 g/mol. The first kappa shape index (κ1) is 13.4. The van der Waals surface area contributed by atoms with E-state index in [0.717, 1.165) is 36.2 Å². The minimum Gasteiger partial charge on any atom is -0.377 e. The highest BCUT2D eigenvalue weighted by atomic mass is 79.9. The molecule has 0 saturated heterocycles. The van der Waals surface area contributed by atoms with Crippen LogP contribution in [-0.4, -0.2) is 4.98 Å². The maximum Gasteiger partial charge on any atom is 0.248 e. The van der Waals surface area contributed by atoms with E-state index in [-0.39, 0.29) is 17.4 Å². The average Bonchev–Trinajstić information content (AvgIpc) is 2.41. The van der Waals surface area contributed by atoms with Gasteiger partial charge in [0.15, 0.2) is 0 Å². The number of H-pyrrole nitrogens is 1. The number of aromatic nitrogens is 1. The lowest BCUT2D eigenvalue weighted by atomic mass is 9.91. The van der Waals surface area contributed by atoms with E-state index < -0.39 is 0 Å². The molecule has 1 aliphatic carbocycles. The van der Waals surface area contributed by atoms with E-state index in [1.54, 1.807) is 12.1 Å². The van der Waals surface area contributed by atoms with Crippen LogP contribution in [0.4, 0.5) is 10.1 Å². The molecule has 5 heteroatoms. The number of anilines is 1. The molecule has 3 nitrogen and oxygen atoms in total. The molecule has 2 aromatic rings. The van der Waals surface area contributed by atoms with Gasteiger partial charge in [0.1, 0.15) is 5.82 Å². The third-order valence-corrected chi connectivity index (χ3v) is 4.25. The Hall–Kier alpha value is -1.62. The summed E-state index contributed by atoms with van der Waals surface area (Å²) >= 11 is 3.37. The molecule has 0 radical (unpaired) electrons. The zero-order valence-electron chi connectivity index (χ0n) is 10.7. The van der Waals surface area contributed by atoms with Crippen molar-refractivity contribution >= 4 is 21.6 Å². The van der Waals surface area contributed by atoms with Crippen LogP contribution in [0.25, 0.3) is 0 Å². The summed E-state index contributed by atoms with van der Waals surface area (Å²) in [6.07, 6.45) is 2.90. The number of pyridine rings is 1. The molecule has 0 bridgehead atoms. The predicted molar refractivity (Wildman–Crippen MR) is 80.5 cm³/mol. The van der Waals surface area contributed by atoms with E-state index in [4.69, 9.17) is 0 Å². The maximum atomic E-state index is 13.1. The van der Waals surface area contributed by atoms with Crippen molar-refractivity contribution in [2.45, 2.75) is 25.3 Å². The van der Waals surface area contributed by atoms with Crippen LogP contribution in [0.3, 0.4) is 0 Å². The van der Waals surface area contributed by atoms with Crippen LogP contribution in [0.2, 0.25) is 0 Å². The first-order valence-electron chi connectivity index (χ1n) is 6.57. The number of halogens is 2. The smallest absolute Gasteiger partial charge is 0.248 e. The van der Waals surface area contributed by atoms with E-state index in [9.17, 15) is 9.18 Å². The maximum absolute atomic E-state index is 13.1. The summed E-state index contributed by atoms with van der Waals surface area (Å²) in [6.45, 7) is 0. The fourth-order valence-electron chi connectivity index (χ4n) is 2.64. The molecule has 3 rings (SSSR count). The Morgan fingerprint density at radius 2 is 2.15 bits per heavy atom. The van der Waals surface area contributed by atoms with Crippen molar-refractivity contribution in [3.8, 4) is 0 Å². The summed E-state index contributed by atoms with van der Waals surface area (Å²) in [4.78, 5) is 14.3. The number of aryl methyl sites for hydroxylation is 1. The Labute approximate surface area is 124 Å². The van der Waals surface area contributed by atoms with Crippen LogP contribution in [0, 0.1) is 5.82 Å². The molecular formula is C15H14BrFN2O. The normalized spacial score (nSPS) is 17.6. The highest BCUT2D eigenvalue weighted by molar-refractivity contribution is 9.10. The second kappa shape index (κ2) is 5.40. The molecule has 20 heavy (non-hydrogen) atoms. The Morgan fingerprint density at radius 1 is 1.30 bits per heavy atom. The molecule has 0 saturated carbocycles. The minimum atomic E-state index is -0.268. The van der Waals surface area contributed by atoms with Gasteiger partial charge in [0.2, 0.25) is 5.56 Å². The SMILES string of the molecule is O=c1ccc2c([nH]1)CCCC2Nc1ccc(F)cc1Br. The Morgan fingerprint density at radius 3 is 2.95 bits per heavy atom. The molecule has 0 spiro atoms. The summed E-state index contributed by atoms with van der Waals surface area (Å²) in [5.41, 5.74) is 2.91. The third-order valence-electron chi connectivity index (χ3n) is 3.59. The average molecular weight is 337 g/mol. The lowest BCUT2D eigenvalue weighted by molar-refractivity contribution is 0.586. The van der Waals surface area contributed by atoms with Crippen molar-refractivity contribution < 1.29 is 4.39 Å². The van der Waals surface area contributed by atoms with Gasteiger partial charge in [-0.3, -0.25) is 4.79 Å². The predicted octanol–water partition coefficient (Wildman–Crippen LogP) is 3.77. The lowest BCUT2D eigenvalue weighted by Gasteiger charge is -2.27. The summed E-state index contributed by atoms with van der Waals surface area (Å²) in [5, 5.41) is 3.42. The van der Waals surface area contributed by atoms with Crippen LogP contribution in [-0.2, 0) is 6.42 Å². The molecule has 1 aromatic carbocycles. The number of benzene rings is 1. The van der Waals surface area contributed by atoms with Crippen molar-refractivity contribution in [2.75, 3.05) is 5.32 Å². The van der Waals surface area contributed by atoms with Gasteiger partial charge in [0.05, 0.1) is 6.04 Å². The highest BCUT2D eigenvalue weighted by Crippen LogP contribution is 2.33. The van der Waals surface area contributed by atoms with Crippen molar-refractivity contribution in [1.29, 1.82) is 0 Å². The van der Waals surface area contributed by atoms with Gasteiger partial charge in [0, 0.05) is 21.9 Å². The lowest BCUT2D eigenvalue weighted by Crippen LogP contribution is -2.21. The van der Waals surface area contributed by atoms with Gasteiger partial charge in [-0.1, -0.05) is 0 Å². The molecule has 1 atom stereocenters. The highest BCUT2D eigenvalue weighted by Gasteiger charge is 2.21. The second-order valence-corrected chi connectivity index (χ2v) is 5.82. The summed E-state index contributed by atoms with van der Waals surface area (Å²) in [5.74, 6) is -0.268. The van der Waals surface area contributed by atoms with Crippen LogP contribution < -0.4 is 10.9 Å². The molecule has 1 unspecified atom stereocenters. The molecular weight excluding hydrogens is 323 g/mol. The number of aromatic amines is 1. The van der Waals surface area contributed by atoms with E-state index in [0.29, 0.717) is 4.47 Å². The van der Waals surface area contributed by atoms with Crippen molar-refractivity contribution in [3.05, 3.63) is 62.2 Å². The molecule has 1 aliphatic rings. The minimum absolute atomic E-state index is 0.0626. The topological polar surface area (TPSA) is 44.9 Å². The molecule has 1 aromatic heterocycles. The third kappa shape index (κ3) is 2.63. The second-order valence-electron chi connectivity index (χ2n) is 4.97. The largest absolute Gasteiger partial charge is 0.377 e. The number of fused-ring (bicyclic) bond motifs is 1. The van der Waals surface area contributed by atoms with E-state index >= 15 is 0 Å². The fraction of sp³-hybridized carbons (Fsp3) is 0.267. The Balaban J connectivity index is 1.91. The molecule has 0 fully saturated rings. The van der Waals surface area contributed by atoms with Crippen molar-refractivity contribution in [3.63, 3.8) is 0 Å². The number of hydrogen-bond acceptors (Lipinski definition) is 2. The summed E-state index contributed by atoms with van der Waals surface area (Å²) in [6, 6.07) is 8.17. The number of nitrogens with one attached hydrogen (secondary N) is 2. The zero-order valence-corrected chi connectivity index (χ0v) is 12.3. The van der Waals surface area contributed by atoms with Crippen molar-refractivity contribution in [2.24, 2.45) is 0 Å². The standard InChI is InChI=1S/C15H14BrFN2O/c16-11-8-9(17)4-6-14(11)18-12-2-1-3-13-10(12)5-7-15(20)19-13/h4-8,12,18H,1-3H2,(H,19,20). The van der Waals surface area contributed by atoms with E-state index in [1.807, 2.05) is 6.07 Å². The zero-order chi connectivity index (χ0) is 14.1. The first-order chi connectivity index (χ1) is 9.63. The molecule has 0 amide bonds. The van der Waals surface area contributed by atoms with Gasteiger partial charge >= 0.3 is 0 Å². The van der Waals surface area contributed by atoms with E-state index in [1.165, 1.54) is 12.1 Å². The Bertz CT molecular complexity index is 699. The van der Waals surface area contributed by atoms with Gasteiger partial charge in [0.25, 0.3) is 0 Å². The van der Waals surface area contributed by atoms with E-state index in [2.05, 4.69) is 26.2 Å². The molecule has 2 N–H and O–H groups in total. The van der Waals surface area contributed by atoms with Crippen LogP contribution >= 0.6 is 15.9 Å². The number of rotatable bonds is 2. The fourth-order valence-corrected chi connectivity index (χ4v) is 3.11. The van der Waals surface area contributed by atoms with Crippen LogP contribution in [0.5, 0.6) is 0 Å². The molecule has 104 valence electrons. The quantitative estimate of drug-likeness (QED) is 0.876. The van der Waals surface area contributed by atoms with Gasteiger partial charge in [-0.25, -0.2) is 4.39 Å². The first-order valence-corrected chi connectivity index (χ1v) is 7.36. The Kier molecular flexibility index (Phi) is 3.61. The van der Waals surface area contributed by atoms with Gasteiger partial charge in [-0.15, -0.1) is 0 Å². The molecule has 1 heterocycles. The van der Waals surface area contributed by atoms with Crippen LogP contribution in [0.1, 0.15) is 30.1 Å². The van der Waals surface area contributed by atoms with Crippen LogP contribution in [0.15, 0.2) is 39.6 Å². The van der Waals surface area contributed by atoms with Gasteiger partial charge < -0.3 is 10.3 Å². The summed E-state index contributed by atoms with van der Waals surface area (Å²) < 4.78 is 13.8. The number of hydrogen-bond donors (Lipinski definition) is 2. The van der Waals surface area contributed by atoms with Crippen molar-refractivity contribution in [1.82, 2.24) is 4.98 Å². The van der Waals surface area contributed by atoms with Gasteiger partial charge in [-0.2, -0.15) is 0 Å².